The van der Waals surface area contributed by atoms with E-state index in [9.17, 15) is 14.4 Å². The van der Waals surface area contributed by atoms with Gasteiger partial charge in [0, 0.05) is 32.7 Å². The van der Waals surface area contributed by atoms with Gasteiger partial charge in [0.1, 0.15) is 12.1 Å². The Labute approximate surface area is 201 Å². The summed E-state index contributed by atoms with van der Waals surface area (Å²) in [4.78, 5) is 43.5. The predicted octanol–water partition coefficient (Wildman–Crippen LogP) is 2.79. The summed E-state index contributed by atoms with van der Waals surface area (Å²) in [5.74, 6) is -0.512. The van der Waals surface area contributed by atoms with Crippen molar-refractivity contribution in [3.05, 3.63) is 77.9 Å². The highest BCUT2D eigenvalue weighted by molar-refractivity contribution is 6.08. The summed E-state index contributed by atoms with van der Waals surface area (Å²) in [6, 6.07) is 19.5. The minimum atomic E-state index is -0.989. The first-order chi connectivity index (χ1) is 16.4. The molecule has 2 aliphatic heterocycles. The zero-order valence-corrected chi connectivity index (χ0v) is 19.7. The SMILES string of the molecule is CC1(CCc2ccccc2)NC(=O)N(CC(=O)N2CCN(C/C=C/c3ccccc3)CC2)C1=O. The molecule has 7 nitrogen and oxygen atoms in total. The smallest absolute Gasteiger partial charge is 0.325 e. The fourth-order valence-electron chi connectivity index (χ4n) is 4.42. The van der Waals surface area contributed by atoms with Gasteiger partial charge in [0.2, 0.25) is 5.91 Å². The summed E-state index contributed by atoms with van der Waals surface area (Å²) in [7, 11) is 0. The number of hydrogen-bond acceptors (Lipinski definition) is 4. The van der Waals surface area contributed by atoms with Gasteiger partial charge in [-0.25, -0.2) is 4.79 Å². The van der Waals surface area contributed by atoms with Crippen LogP contribution in [0.5, 0.6) is 0 Å². The van der Waals surface area contributed by atoms with E-state index in [1.54, 1.807) is 11.8 Å². The molecule has 1 N–H and O–H groups in total. The molecule has 1 atom stereocenters. The van der Waals surface area contributed by atoms with Crippen molar-refractivity contribution in [3.63, 3.8) is 0 Å². The van der Waals surface area contributed by atoms with Crippen molar-refractivity contribution in [2.45, 2.75) is 25.3 Å². The number of nitrogens with one attached hydrogen (secondary N) is 1. The second kappa shape index (κ2) is 10.7. The number of rotatable bonds is 8. The molecule has 0 aliphatic carbocycles. The Kier molecular flexibility index (Phi) is 7.43. The third kappa shape index (κ3) is 5.72. The van der Waals surface area contributed by atoms with E-state index in [0.717, 1.165) is 30.1 Å². The minimum Gasteiger partial charge on any atom is -0.339 e. The maximum atomic E-state index is 13.0. The fraction of sp³-hybridized carbons (Fsp3) is 0.370. The van der Waals surface area contributed by atoms with Crippen molar-refractivity contribution in [3.8, 4) is 0 Å². The van der Waals surface area contributed by atoms with E-state index in [0.29, 0.717) is 25.9 Å². The number of piperazine rings is 1. The molecule has 2 aromatic carbocycles. The predicted molar refractivity (Wildman–Crippen MR) is 132 cm³/mol. The molecule has 2 aromatic rings. The molecule has 0 bridgehead atoms. The Hall–Kier alpha value is -3.45. The van der Waals surface area contributed by atoms with Crippen molar-refractivity contribution >= 4 is 23.9 Å². The lowest BCUT2D eigenvalue weighted by Gasteiger charge is -2.34. The molecule has 0 radical (unpaired) electrons. The average molecular weight is 461 g/mol. The van der Waals surface area contributed by atoms with Gasteiger partial charge < -0.3 is 10.2 Å². The quantitative estimate of drug-likeness (QED) is 0.615. The standard InChI is InChI=1S/C27H32N4O3/c1-27(15-14-23-11-6-3-7-12-23)25(33)31(26(34)28-27)21-24(32)30-19-17-29(18-20-30)16-8-13-22-9-4-2-5-10-22/h2-13H,14-21H2,1H3,(H,28,34)/b13-8+. The summed E-state index contributed by atoms with van der Waals surface area (Å²) in [6.07, 6.45) is 5.40. The van der Waals surface area contributed by atoms with E-state index in [4.69, 9.17) is 0 Å². The normalized spacial score (nSPS) is 21.3. The number of amides is 4. The van der Waals surface area contributed by atoms with Gasteiger partial charge >= 0.3 is 6.03 Å². The van der Waals surface area contributed by atoms with E-state index in [1.807, 2.05) is 48.5 Å². The lowest BCUT2D eigenvalue weighted by atomic mass is 9.93. The maximum absolute atomic E-state index is 13.0. The summed E-state index contributed by atoms with van der Waals surface area (Å²) in [5.41, 5.74) is 1.29. The molecule has 0 aromatic heterocycles. The number of carbonyl (C=O) groups excluding carboxylic acids is 3. The van der Waals surface area contributed by atoms with E-state index in [2.05, 4.69) is 34.5 Å². The van der Waals surface area contributed by atoms with Crippen LogP contribution in [-0.4, -0.2) is 77.4 Å². The van der Waals surface area contributed by atoms with Crippen LogP contribution in [-0.2, 0) is 16.0 Å². The molecule has 0 saturated carbocycles. The van der Waals surface area contributed by atoms with Crippen LogP contribution in [0.25, 0.3) is 6.08 Å². The van der Waals surface area contributed by atoms with Crippen molar-refractivity contribution in [2.75, 3.05) is 39.3 Å². The summed E-state index contributed by atoms with van der Waals surface area (Å²) < 4.78 is 0. The molecule has 0 spiro atoms. The molecule has 2 aliphatic rings. The van der Waals surface area contributed by atoms with Crippen LogP contribution in [0.3, 0.4) is 0 Å². The van der Waals surface area contributed by atoms with Crippen molar-refractivity contribution in [1.82, 2.24) is 20.0 Å². The third-order valence-electron chi connectivity index (χ3n) is 6.59. The van der Waals surface area contributed by atoms with Gasteiger partial charge in [0.05, 0.1) is 0 Å². The summed E-state index contributed by atoms with van der Waals surface area (Å²) >= 11 is 0. The molecular formula is C27H32N4O3. The van der Waals surface area contributed by atoms with E-state index < -0.39 is 11.6 Å². The van der Waals surface area contributed by atoms with E-state index in [1.165, 1.54) is 5.56 Å². The molecule has 7 heteroatoms. The number of carbonyl (C=O) groups is 3. The van der Waals surface area contributed by atoms with Gasteiger partial charge in [-0.15, -0.1) is 0 Å². The second-order valence-corrected chi connectivity index (χ2v) is 9.13. The highest BCUT2D eigenvalue weighted by Gasteiger charge is 2.48. The number of aryl methyl sites for hydroxylation is 1. The van der Waals surface area contributed by atoms with Crippen LogP contribution < -0.4 is 5.32 Å². The van der Waals surface area contributed by atoms with Crippen molar-refractivity contribution in [2.24, 2.45) is 0 Å². The summed E-state index contributed by atoms with van der Waals surface area (Å²) in [5, 5.41) is 2.80. The summed E-state index contributed by atoms with van der Waals surface area (Å²) in [6.45, 7) is 5.06. The fourth-order valence-corrected chi connectivity index (χ4v) is 4.42. The molecule has 4 amide bonds. The first kappa shape index (κ1) is 23.7. The Balaban J connectivity index is 1.24. The Morgan fingerprint density at radius 2 is 1.62 bits per heavy atom. The Bertz CT molecular complexity index is 1030. The molecule has 2 heterocycles. The van der Waals surface area contributed by atoms with Crippen LogP contribution >= 0.6 is 0 Å². The zero-order valence-electron chi connectivity index (χ0n) is 19.7. The second-order valence-electron chi connectivity index (χ2n) is 9.13. The molecule has 4 rings (SSSR count). The minimum absolute atomic E-state index is 0.185. The van der Waals surface area contributed by atoms with Gasteiger partial charge in [0.25, 0.3) is 5.91 Å². The molecule has 2 saturated heterocycles. The number of imide groups is 1. The lowest BCUT2D eigenvalue weighted by Crippen LogP contribution is -2.52. The van der Waals surface area contributed by atoms with Crippen LogP contribution in [0.2, 0.25) is 0 Å². The highest BCUT2D eigenvalue weighted by atomic mass is 16.2. The Morgan fingerprint density at radius 3 is 2.29 bits per heavy atom. The van der Waals surface area contributed by atoms with Crippen molar-refractivity contribution in [1.29, 1.82) is 0 Å². The van der Waals surface area contributed by atoms with Gasteiger partial charge in [0.15, 0.2) is 0 Å². The van der Waals surface area contributed by atoms with Crippen LogP contribution in [0, 0.1) is 0 Å². The molecule has 1 unspecified atom stereocenters. The van der Waals surface area contributed by atoms with Gasteiger partial charge in [-0.05, 0) is 30.9 Å². The molecular weight excluding hydrogens is 428 g/mol. The third-order valence-corrected chi connectivity index (χ3v) is 6.59. The van der Waals surface area contributed by atoms with E-state index in [-0.39, 0.29) is 18.4 Å². The lowest BCUT2D eigenvalue weighted by molar-refractivity contribution is -0.139. The number of urea groups is 1. The van der Waals surface area contributed by atoms with Crippen LogP contribution in [0.4, 0.5) is 4.79 Å². The van der Waals surface area contributed by atoms with E-state index >= 15 is 0 Å². The number of hydrogen-bond donors (Lipinski definition) is 1. The number of benzene rings is 2. The first-order valence-electron chi connectivity index (χ1n) is 11.8. The zero-order chi connectivity index (χ0) is 24.0. The Morgan fingerprint density at radius 1 is 0.971 bits per heavy atom. The highest BCUT2D eigenvalue weighted by Crippen LogP contribution is 2.23. The molecule has 178 valence electrons. The monoisotopic (exact) mass is 460 g/mol. The average Bonchev–Trinajstić information content (AvgIpc) is 3.07. The molecule has 2 fully saturated rings. The number of nitrogens with zero attached hydrogens (tertiary/aromatic N) is 3. The van der Waals surface area contributed by atoms with Gasteiger partial charge in [-0.2, -0.15) is 0 Å². The van der Waals surface area contributed by atoms with Crippen molar-refractivity contribution < 1.29 is 14.4 Å². The topological polar surface area (TPSA) is 73.0 Å². The molecule has 34 heavy (non-hydrogen) atoms. The van der Waals surface area contributed by atoms with Gasteiger partial charge in [-0.3, -0.25) is 19.4 Å². The van der Waals surface area contributed by atoms with Crippen LogP contribution in [0.15, 0.2) is 66.7 Å². The van der Waals surface area contributed by atoms with Crippen LogP contribution in [0.1, 0.15) is 24.5 Å². The van der Waals surface area contributed by atoms with Gasteiger partial charge in [-0.1, -0.05) is 72.8 Å². The first-order valence-corrected chi connectivity index (χ1v) is 11.8. The largest absolute Gasteiger partial charge is 0.339 e. The maximum Gasteiger partial charge on any atom is 0.325 e.